The highest BCUT2D eigenvalue weighted by Gasteiger charge is 2.07. The fourth-order valence-electron chi connectivity index (χ4n) is 2.33. The van der Waals surface area contributed by atoms with Crippen LogP contribution in [0.3, 0.4) is 0 Å². The van der Waals surface area contributed by atoms with Gasteiger partial charge < -0.3 is 14.6 Å². The van der Waals surface area contributed by atoms with E-state index in [9.17, 15) is 0 Å². The third-order valence-electron chi connectivity index (χ3n) is 3.52. The summed E-state index contributed by atoms with van der Waals surface area (Å²) >= 11 is 0. The van der Waals surface area contributed by atoms with Crippen LogP contribution >= 0.6 is 0 Å². The molecule has 0 saturated heterocycles. The lowest BCUT2D eigenvalue weighted by molar-refractivity contribution is 0.1000. The number of aliphatic imine (C=N–C) groups is 1. The Morgan fingerprint density at radius 2 is 2.29 bits per heavy atom. The lowest BCUT2D eigenvalue weighted by atomic mass is 10.1. The molecule has 1 aromatic heterocycles. The molecule has 1 aliphatic heterocycles. The van der Waals surface area contributed by atoms with Crippen molar-refractivity contribution in [2.45, 2.75) is 19.6 Å². The van der Waals surface area contributed by atoms with E-state index in [-0.39, 0.29) is 0 Å². The normalized spacial score (nSPS) is 14.6. The number of rotatable bonds is 5. The van der Waals surface area contributed by atoms with Crippen molar-refractivity contribution in [1.82, 2.24) is 14.9 Å². The zero-order valence-corrected chi connectivity index (χ0v) is 12.2. The average Bonchev–Trinajstić information content (AvgIpc) is 2.94. The number of hydrogen-bond acceptors (Lipinski definition) is 4. The van der Waals surface area contributed by atoms with Crippen LogP contribution in [0.5, 0.6) is 0 Å². The smallest absolute Gasteiger partial charge is 0.134 e. The van der Waals surface area contributed by atoms with Gasteiger partial charge in [-0.25, -0.2) is 4.98 Å². The third kappa shape index (κ3) is 3.49. The second kappa shape index (κ2) is 6.54. The van der Waals surface area contributed by atoms with Gasteiger partial charge in [-0.2, -0.15) is 0 Å². The fraction of sp³-hybridized carbons (Fsp3) is 0.375. The van der Waals surface area contributed by atoms with E-state index >= 15 is 0 Å². The van der Waals surface area contributed by atoms with Crippen molar-refractivity contribution in [2.75, 3.05) is 13.1 Å². The quantitative estimate of drug-likeness (QED) is 0.912. The van der Waals surface area contributed by atoms with Crippen LogP contribution in [0.25, 0.3) is 0 Å². The molecule has 110 valence electrons. The van der Waals surface area contributed by atoms with Crippen molar-refractivity contribution >= 4 is 5.84 Å². The van der Waals surface area contributed by atoms with Crippen molar-refractivity contribution in [3.05, 3.63) is 53.6 Å². The Balaban J connectivity index is 1.61. The number of amidine groups is 1. The van der Waals surface area contributed by atoms with E-state index in [0.717, 1.165) is 42.3 Å². The molecule has 0 atom stereocenters. The molecule has 0 bridgehead atoms. The lowest BCUT2D eigenvalue weighted by Gasteiger charge is -2.15. The van der Waals surface area contributed by atoms with Crippen molar-refractivity contribution in [3.8, 4) is 0 Å². The number of nitrogens with zero attached hydrogens (tertiary/aromatic N) is 3. The standard InChI is InChI=1S/C16H20N4O/c1-20-9-8-17-15(20)12-21-11-13-4-2-5-14(10-13)16-18-6-3-7-19-16/h2,4-5,8-10H,3,6-7,11-12H2,1H3,(H,18,19). The molecule has 0 amide bonds. The van der Waals surface area contributed by atoms with Crippen molar-refractivity contribution < 1.29 is 4.74 Å². The summed E-state index contributed by atoms with van der Waals surface area (Å²) < 4.78 is 7.71. The second-order valence-electron chi connectivity index (χ2n) is 5.16. The van der Waals surface area contributed by atoms with E-state index in [0.29, 0.717) is 13.2 Å². The molecule has 0 unspecified atom stereocenters. The third-order valence-corrected chi connectivity index (χ3v) is 3.52. The number of aromatic nitrogens is 2. The van der Waals surface area contributed by atoms with Gasteiger partial charge in [0.15, 0.2) is 0 Å². The van der Waals surface area contributed by atoms with Crippen LogP contribution in [0, 0.1) is 0 Å². The monoisotopic (exact) mass is 284 g/mol. The first-order valence-electron chi connectivity index (χ1n) is 7.24. The van der Waals surface area contributed by atoms with E-state index in [1.807, 2.05) is 23.9 Å². The van der Waals surface area contributed by atoms with E-state index in [1.165, 1.54) is 0 Å². The summed E-state index contributed by atoms with van der Waals surface area (Å²) in [5.41, 5.74) is 2.28. The first-order chi connectivity index (χ1) is 10.3. The van der Waals surface area contributed by atoms with Crippen LogP contribution in [-0.2, 0) is 25.0 Å². The zero-order chi connectivity index (χ0) is 14.5. The summed E-state index contributed by atoms with van der Waals surface area (Å²) in [5, 5.41) is 3.34. The molecule has 5 heteroatoms. The lowest BCUT2D eigenvalue weighted by Crippen LogP contribution is -2.30. The molecule has 5 nitrogen and oxygen atoms in total. The molecule has 1 aliphatic rings. The average molecular weight is 284 g/mol. The first-order valence-corrected chi connectivity index (χ1v) is 7.24. The maximum absolute atomic E-state index is 5.74. The Hall–Kier alpha value is -2.14. The number of imidazole rings is 1. The molecule has 0 spiro atoms. The van der Waals surface area contributed by atoms with Crippen molar-refractivity contribution in [1.29, 1.82) is 0 Å². The largest absolute Gasteiger partial charge is 0.370 e. The van der Waals surface area contributed by atoms with Gasteiger partial charge in [-0.05, 0) is 18.1 Å². The number of aryl methyl sites for hydroxylation is 1. The fourth-order valence-corrected chi connectivity index (χ4v) is 2.33. The van der Waals surface area contributed by atoms with Gasteiger partial charge in [0.1, 0.15) is 18.3 Å². The van der Waals surface area contributed by atoms with E-state index in [4.69, 9.17) is 4.74 Å². The highest BCUT2D eigenvalue weighted by molar-refractivity contribution is 5.99. The molecule has 2 heterocycles. The van der Waals surface area contributed by atoms with Gasteiger partial charge in [0.05, 0.1) is 6.61 Å². The molecule has 1 N–H and O–H groups in total. The molecule has 0 saturated carbocycles. The predicted octanol–water partition coefficient (Wildman–Crippen LogP) is 1.88. The summed E-state index contributed by atoms with van der Waals surface area (Å²) in [4.78, 5) is 8.77. The van der Waals surface area contributed by atoms with Crippen LogP contribution in [-0.4, -0.2) is 28.5 Å². The van der Waals surface area contributed by atoms with Crippen LogP contribution in [0.15, 0.2) is 41.7 Å². The van der Waals surface area contributed by atoms with E-state index in [2.05, 4.69) is 33.5 Å². The second-order valence-corrected chi connectivity index (χ2v) is 5.16. The predicted molar refractivity (Wildman–Crippen MR) is 82.2 cm³/mol. The molecule has 3 rings (SSSR count). The topological polar surface area (TPSA) is 51.4 Å². The zero-order valence-electron chi connectivity index (χ0n) is 12.2. The molecule has 0 fully saturated rings. The van der Waals surface area contributed by atoms with Gasteiger partial charge in [-0.3, -0.25) is 4.99 Å². The van der Waals surface area contributed by atoms with Gasteiger partial charge in [0.25, 0.3) is 0 Å². The Labute approximate surface area is 124 Å². The van der Waals surface area contributed by atoms with Gasteiger partial charge in [-0.1, -0.05) is 18.2 Å². The summed E-state index contributed by atoms with van der Waals surface area (Å²) in [7, 11) is 1.97. The Bertz CT molecular complexity index is 633. The summed E-state index contributed by atoms with van der Waals surface area (Å²) in [6.45, 7) is 3.00. The Morgan fingerprint density at radius 1 is 1.33 bits per heavy atom. The van der Waals surface area contributed by atoms with Gasteiger partial charge in [0.2, 0.25) is 0 Å². The number of hydrogen-bond donors (Lipinski definition) is 1. The molecule has 0 aliphatic carbocycles. The SMILES string of the molecule is Cn1ccnc1COCc1cccc(C2=NCCCN2)c1. The van der Waals surface area contributed by atoms with Crippen LogP contribution in [0.1, 0.15) is 23.4 Å². The minimum absolute atomic E-state index is 0.521. The van der Waals surface area contributed by atoms with E-state index in [1.54, 1.807) is 6.20 Å². The van der Waals surface area contributed by atoms with Gasteiger partial charge in [0, 0.05) is 38.1 Å². The van der Waals surface area contributed by atoms with Crippen LogP contribution in [0.4, 0.5) is 0 Å². The minimum atomic E-state index is 0.521. The number of benzene rings is 1. The highest BCUT2D eigenvalue weighted by Crippen LogP contribution is 2.10. The molecule has 1 aromatic carbocycles. The highest BCUT2D eigenvalue weighted by atomic mass is 16.5. The van der Waals surface area contributed by atoms with Gasteiger partial charge in [-0.15, -0.1) is 0 Å². The maximum Gasteiger partial charge on any atom is 0.134 e. The molecule has 0 radical (unpaired) electrons. The molecule has 21 heavy (non-hydrogen) atoms. The van der Waals surface area contributed by atoms with Gasteiger partial charge >= 0.3 is 0 Å². The minimum Gasteiger partial charge on any atom is -0.370 e. The van der Waals surface area contributed by atoms with Crippen LogP contribution < -0.4 is 5.32 Å². The van der Waals surface area contributed by atoms with Crippen molar-refractivity contribution in [2.24, 2.45) is 12.0 Å². The van der Waals surface area contributed by atoms with Crippen LogP contribution in [0.2, 0.25) is 0 Å². The maximum atomic E-state index is 5.74. The van der Waals surface area contributed by atoms with Crippen molar-refractivity contribution in [3.63, 3.8) is 0 Å². The summed E-state index contributed by atoms with van der Waals surface area (Å²) in [6, 6.07) is 8.34. The number of ether oxygens (including phenoxy) is 1. The number of nitrogens with one attached hydrogen (secondary N) is 1. The summed E-state index contributed by atoms with van der Waals surface area (Å²) in [6.07, 6.45) is 4.81. The Morgan fingerprint density at radius 3 is 3.05 bits per heavy atom. The molecular formula is C16H20N4O. The molecular weight excluding hydrogens is 264 g/mol. The summed E-state index contributed by atoms with van der Waals surface area (Å²) in [5.74, 6) is 1.93. The molecule has 2 aromatic rings. The first kappa shape index (κ1) is 13.8. The Kier molecular flexibility index (Phi) is 4.31. The van der Waals surface area contributed by atoms with E-state index < -0.39 is 0 Å².